The van der Waals surface area contributed by atoms with E-state index in [1.165, 1.54) is 24.2 Å². The second-order valence-electron chi connectivity index (χ2n) is 5.95. The van der Waals surface area contributed by atoms with Gasteiger partial charge < -0.3 is 10.8 Å². The van der Waals surface area contributed by atoms with Gasteiger partial charge in [-0.1, -0.05) is 5.21 Å². The van der Waals surface area contributed by atoms with Crippen molar-refractivity contribution < 1.29 is 5.11 Å². The first-order valence-electron chi connectivity index (χ1n) is 7.57. The van der Waals surface area contributed by atoms with E-state index in [1.54, 1.807) is 0 Å². The number of nitrogens with two attached hydrogens (primary N) is 1. The van der Waals surface area contributed by atoms with E-state index in [1.807, 2.05) is 0 Å². The lowest BCUT2D eigenvalue weighted by atomic mass is 10.0. The second kappa shape index (κ2) is 5.59. The zero-order valence-electron chi connectivity index (χ0n) is 11.5. The molecule has 0 aromatic carbocycles. The lowest BCUT2D eigenvalue weighted by Gasteiger charge is -2.10. The van der Waals surface area contributed by atoms with E-state index in [-0.39, 0.29) is 0 Å². The minimum absolute atomic E-state index is 0.363. The third-order valence-electron chi connectivity index (χ3n) is 4.89. The number of hydrogen-bond donors (Lipinski definition) is 2. The maximum atomic E-state index is 9.34. The first-order chi connectivity index (χ1) is 9.35. The number of aliphatic hydroxyl groups excluding tert-OH is 1. The Labute approximate surface area is 114 Å². The van der Waals surface area contributed by atoms with E-state index < -0.39 is 0 Å². The van der Waals surface area contributed by atoms with Crippen molar-refractivity contribution in [3.05, 3.63) is 11.4 Å². The Hall–Kier alpha value is -0.940. The summed E-state index contributed by atoms with van der Waals surface area (Å²) in [4.78, 5) is 0. The van der Waals surface area contributed by atoms with Crippen LogP contribution in [-0.4, -0.2) is 33.3 Å². The van der Waals surface area contributed by atoms with Crippen LogP contribution in [0.25, 0.3) is 0 Å². The highest BCUT2D eigenvalue weighted by molar-refractivity contribution is 5.15. The third-order valence-corrected chi connectivity index (χ3v) is 4.89. The fraction of sp³-hybridized carbons (Fsp3) is 0.857. The number of hydrogen-bond acceptors (Lipinski definition) is 4. The maximum absolute atomic E-state index is 9.34. The van der Waals surface area contributed by atoms with Gasteiger partial charge in [-0.25, -0.2) is 4.68 Å². The minimum atomic E-state index is 0.363. The zero-order valence-corrected chi connectivity index (χ0v) is 11.5. The molecule has 3 atom stereocenters. The van der Waals surface area contributed by atoms with Gasteiger partial charge in [0.15, 0.2) is 0 Å². The first-order valence-corrected chi connectivity index (χ1v) is 7.57. The molecule has 3 N–H and O–H groups in total. The number of aryl methyl sites for hydroxylation is 2. The standard InChI is InChI=1S/C14H24N4O/c15-7-1-2-8-18-14-6-4-11-10(12(11)9-19)3-5-13(14)16-17-18/h10-12,19H,1-9,15H2/t10-,11+,12?/m1/s1. The van der Waals surface area contributed by atoms with Gasteiger partial charge in [-0.05, 0) is 62.8 Å². The second-order valence-corrected chi connectivity index (χ2v) is 5.95. The largest absolute Gasteiger partial charge is 0.396 e. The van der Waals surface area contributed by atoms with Crippen molar-refractivity contribution in [1.29, 1.82) is 0 Å². The summed E-state index contributed by atoms with van der Waals surface area (Å²) < 4.78 is 2.08. The van der Waals surface area contributed by atoms with Crippen molar-refractivity contribution in [2.24, 2.45) is 23.5 Å². The predicted molar refractivity (Wildman–Crippen MR) is 72.5 cm³/mol. The quantitative estimate of drug-likeness (QED) is 0.769. The average molecular weight is 264 g/mol. The fourth-order valence-electron chi connectivity index (χ4n) is 3.68. The summed E-state index contributed by atoms with van der Waals surface area (Å²) in [5.41, 5.74) is 8.06. The van der Waals surface area contributed by atoms with Crippen LogP contribution in [0.15, 0.2) is 0 Å². The zero-order chi connectivity index (χ0) is 13.2. The van der Waals surface area contributed by atoms with Gasteiger partial charge in [-0.2, -0.15) is 0 Å². The van der Waals surface area contributed by atoms with Gasteiger partial charge in [-0.3, -0.25) is 0 Å². The molecule has 2 aliphatic rings. The highest BCUT2D eigenvalue weighted by atomic mass is 16.3. The summed E-state index contributed by atoms with van der Waals surface area (Å²) in [5, 5.41) is 18.0. The minimum Gasteiger partial charge on any atom is -0.396 e. The van der Waals surface area contributed by atoms with Crippen molar-refractivity contribution >= 4 is 0 Å². The Kier molecular flexibility index (Phi) is 3.84. The molecular weight excluding hydrogens is 240 g/mol. The van der Waals surface area contributed by atoms with Crippen molar-refractivity contribution in [1.82, 2.24) is 15.0 Å². The van der Waals surface area contributed by atoms with Crippen LogP contribution in [0, 0.1) is 17.8 Å². The van der Waals surface area contributed by atoms with E-state index >= 15 is 0 Å². The molecule has 0 spiro atoms. The van der Waals surface area contributed by atoms with E-state index in [4.69, 9.17) is 5.73 Å². The molecule has 0 bridgehead atoms. The van der Waals surface area contributed by atoms with Crippen molar-refractivity contribution in [2.75, 3.05) is 13.2 Å². The molecule has 0 aliphatic heterocycles. The molecule has 19 heavy (non-hydrogen) atoms. The molecule has 106 valence electrons. The summed E-state index contributed by atoms with van der Waals surface area (Å²) in [5.74, 6) is 2.04. The molecule has 3 rings (SSSR count). The Morgan fingerprint density at radius 2 is 2.00 bits per heavy atom. The summed E-state index contributed by atoms with van der Waals surface area (Å²) in [6.45, 7) is 2.05. The Morgan fingerprint density at radius 3 is 2.74 bits per heavy atom. The molecule has 0 amide bonds. The van der Waals surface area contributed by atoms with Gasteiger partial charge in [0.2, 0.25) is 0 Å². The number of nitrogens with zero attached hydrogens (tertiary/aromatic N) is 3. The lowest BCUT2D eigenvalue weighted by molar-refractivity contribution is 0.262. The molecule has 1 aromatic rings. The van der Waals surface area contributed by atoms with Gasteiger partial charge in [0.1, 0.15) is 0 Å². The van der Waals surface area contributed by atoms with Crippen molar-refractivity contribution in [3.8, 4) is 0 Å². The topological polar surface area (TPSA) is 77.0 Å². The van der Waals surface area contributed by atoms with Crippen molar-refractivity contribution in [3.63, 3.8) is 0 Å². The highest BCUT2D eigenvalue weighted by Crippen LogP contribution is 2.52. The molecule has 1 fully saturated rings. The normalized spacial score (nSPS) is 29.3. The summed E-state index contributed by atoms with van der Waals surface area (Å²) >= 11 is 0. The molecular formula is C14H24N4O. The molecule has 0 radical (unpaired) electrons. The van der Waals surface area contributed by atoms with Crippen LogP contribution in [0.2, 0.25) is 0 Å². The van der Waals surface area contributed by atoms with Crippen LogP contribution >= 0.6 is 0 Å². The summed E-state index contributed by atoms with van der Waals surface area (Å²) in [7, 11) is 0. The molecule has 5 nitrogen and oxygen atoms in total. The lowest BCUT2D eigenvalue weighted by Crippen LogP contribution is -2.10. The monoisotopic (exact) mass is 264 g/mol. The average Bonchev–Trinajstić information content (AvgIpc) is 2.93. The maximum Gasteiger partial charge on any atom is 0.0859 e. The van der Waals surface area contributed by atoms with Gasteiger partial charge in [0, 0.05) is 13.2 Å². The first kappa shape index (κ1) is 13.1. The molecule has 1 unspecified atom stereocenters. The van der Waals surface area contributed by atoms with Crippen molar-refractivity contribution in [2.45, 2.75) is 45.1 Å². The number of fused-ring (bicyclic) bond motifs is 2. The van der Waals surface area contributed by atoms with Crippen LogP contribution in [0.4, 0.5) is 0 Å². The van der Waals surface area contributed by atoms with E-state index in [2.05, 4.69) is 15.0 Å². The SMILES string of the molecule is NCCCCn1nnc2c1CC[C@@H]1C(CO)[C@@H]1CC2. The van der Waals surface area contributed by atoms with Gasteiger partial charge in [0.25, 0.3) is 0 Å². The number of rotatable bonds is 5. The molecule has 1 aromatic heterocycles. The summed E-state index contributed by atoms with van der Waals surface area (Å²) in [6.07, 6.45) is 6.59. The van der Waals surface area contributed by atoms with E-state index in [9.17, 15) is 5.11 Å². The number of aliphatic hydroxyl groups is 1. The molecule has 1 heterocycles. The molecule has 5 heteroatoms. The van der Waals surface area contributed by atoms with Crippen LogP contribution in [0.5, 0.6) is 0 Å². The van der Waals surface area contributed by atoms with Gasteiger partial charge in [-0.15, -0.1) is 5.10 Å². The molecule has 2 aliphatic carbocycles. The van der Waals surface area contributed by atoms with E-state index in [0.29, 0.717) is 12.5 Å². The van der Waals surface area contributed by atoms with Crippen LogP contribution < -0.4 is 5.73 Å². The Bertz CT molecular complexity index is 431. The fourth-order valence-corrected chi connectivity index (χ4v) is 3.68. The molecule has 0 saturated heterocycles. The number of aromatic nitrogens is 3. The summed E-state index contributed by atoms with van der Waals surface area (Å²) in [6, 6.07) is 0. The van der Waals surface area contributed by atoms with Crippen LogP contribution in [-0.2, 0) is 19.4 Å². The van der Waals surface area contributed by atoms with Gasteiger partial charge in [0.05, 0.1) is 11.4 Å². The van der Waals surface area contributed by atoms with E-state index in [0.717, 1.165) is 50.6 Å². The van der Waals surface area contributed by atoms with Crippen LogP contribution in [0.1, 0.15) is 37.1 Å². The predicted octanol–water partition coefficient (Wildman–Crippen LogP) is 0.750. The number of unbranched alkanes of at least 4 members (excludes halogenated alkanes) is 1. The molecule has 1 saturated carbocycles. The van der Waals surface area contributed by atoms with Crippen LogP contribution in [0.3, 0.4) is 0 Å². The third kappa shape index (κ3) is 2.54. The highest BCUT2D eigenvalue weighted by Gasteiger charge is 2.49. The smallest absolute Gasteiger partial charge is 0.0859 e. The Morgan fingerprint density at radius 1 is 1.21 bits per heavy atom. The Balaban J connectivity index is 1.66. The van der Waals surface area contributed by atoms with Gasteiger partial charge >= 0.3 is 0 Å².